The molecular formula is C7H7N9O2. The Morgan fingerprint density at radius 3 is 2.89 bits per heavy atom. The zero-order chi connectivity index (χ0) is 13.0. The third-order valence-corrected chi connectivity index (χ3v) is 1.89. The van der Waals surface area contributed by atoms with Crippen molar-refractivity contribution < 1.29 is 9.47 Å². The molecule has 0 amide bonds. The van der Waals surface area contributed by atoms with E-state index in [1.807, 2.05) is 0 Å². The monoisotopic (exact) mass is 249 g/mol. The van der Waals surface area contributed by atoms with Crippen molar-refractivity contribution >= 4 is 5.95 Å². The van der Waals surface area contributed by atoms with Gasteiger partial charge >= 0.3 is 0 Å². The molecule has 0 fully saturated rings. The van der Waals surface area contributed by atoms with Crippen LogP contribution in [0, 0.1) is 0 Å². The Bertz CT molecular complexity index is 603. The van der Waals surface area contributed by atoms with Crippen molar-refractivity contribution in [1.29, 1.82) is 0 Å². The second-order valence-electron chi connectivity index (χ2n) is 2.83. The zero-order valence-electron chi connectivity index (χ0n) is 9.42. The van der Waals surface area contributed by atoms with Crippen molar-refractivity contribution in [3.63, 3.8) is 0 Å². The van der Waals surface area contributed by atoms with Crippen LogP contribution in [-0.2, 0) is 0 Å². The number of ether oxygens (including phenoxy) is 2. The molecule has 0 bridgehead atoms. The molecule has 0 radical (unpaired) electrons. The van der Waals surface area contributed by atoms with Crippen LogP contribution in [0.3, 0.4) is 0 Å². The first-order valence-corrected chi connectivity index (χ1v) is 4.59. The summed E-state index contributed by atoms with van der Waals surface area (Å²) in [6.07, 6.45) is 1.36. The van der Waals surface area contributed by atoms with Gasteiger partial charge in [-0.15, -0.1) is 5.10 Å². The van der Waals surface area contributed by atoms with Crippen LogP contribution in [0.2, 0.25) is 0 Å². The van der Waals surface area contributed by atoms with Gasteiger partial charge in [0.1, 0.15) is 0 Å². The summed E-state index contributed by atoms with van der Waals surface area (Å²) in [6.45, 7) is 0. The van der Waals surface area contributed by atoms with Gasteiger partial charge in [0, 0.05) is 4.91 Å². The molecule has 92 valence electrons. The molecule has 0 saturated heterocycles. The summed E-state index contributed by atoms with van der Waals surface area (Å²) >= 11 is 0. The fourth-order valence-corrected chi connectivity index (χ4v) is 1.15. The van der Waals surface area contributed by atoms with Crippen molar-refractivity contribution in [2.75, 3.05) is 14.2 Å². The van der Waals surface area contributed by atoms with Crippen LogP contribution in [0.1, 0.15) is 0 Å². The summed E-state index contributed by atoms with van der Waals surface area (Å²) in [5.74, 6) is 0.519. The van der Waals surface area contributed by atoms with Crippen molar-refractivity contribution in [2.24, 2.45) is 5.11 Å². The Labute approximate surface area is 100 Å². The molecule has 0 aliphatic rings. The number of tetrazole rings is 1. The molecule has 2 aromatic heterocycles. The highest BCUT2D eigenvalue weighted by Gasteiger charge is 2.15. The maximum Gasteiger partial charge on any atom is 0.263 e. The van der Waals surface area contributed by atoms with E-state index in [1.54, 1.807) is 0 Å². The summed E-state index contributed by atoms with van der Waals surface area (Å²) in [6, 6.07) is 0. The molecule has 0 aromatic carbocycles. The van der Waals surface area contributed by atoms with Gasteiger partial charge in [0.25, 0.3) is 5.88 Å². The van der Waals surface area contributed by atoms with Crippen molar-refractivity contribution in [3.8, 4) is 17.6 Å². The molecule has 0 aliphatic heterocycles. The van der Waals surface area contributed by atoms with Crippen LogP contribution < -0.4 is 9.47 Å². The van der Waals surface area contributed by atoms with E-state index < -0.39 is 0 Å². The molecular weight excluding hydrogens is 242 g/mol. The summed E-state index contributed by atoms with van der Waals surface area (Å²) in [5, 5.41) is 13.9. The molecule has 2 heterocycles. The topological polar surface area (TPSA) is 137 Å². The van der Waals surface area contributed by atoms with Gasteiger partial charge in [-0.25, -0.2) is 4.98 Å². The van der Waals surface area contributed by atoms with Gasteiger partial charge in [-0.2, -0.15) is 9.67 Å². The van der Waals surface area contributed by atoms with Gasteiger partial charge in [0.15, 0.2) is 0 Å². The van der Waals surface area contributed by atoms with Gasteiger partial charge in [0.05, 0.1) is 20.4 Å². The van der Waals surface area contributed by atoms with Gasteiger partial charge in [-0.1, -0.05) is 0 Å². The largest absolute Gasteiger partial charge is 0.480 e. The lowest BCUT2D eigenvalue weighted by Gasteiger charge is -2.07. The van der Waals surface area contributed by atoms with Crippen LogP contribution in [-0.4, -0.2) is 44.4 Å². The van der Waals surface area contributed by atoms with Gasteiger partial charge in [-0.05, 0) is 21.1 Å². The number of nitrogens with zero attached hydrogens (tertiary/aromatic N) is 9. The molecule has 18 heavy (non-hydrogen) atoms. The highest BCUT2D eigenvalue weighted by molar-refractivity contribution is 5.39. The van der Waals surface area contributed by atoms with Crippen molar-refractivity contribution in [1.82, 2.24) is 30.2 Å². The average molecular weight is 249 g/mol. The Balaban J connectivity index is 2.56. The van der Waals surface area contributed by atoms with E-state index in [0.717, 1.165) is 4.68 Å². The second-order valence-corrected chi connectivity index (χ2v) is 2.83. The van der Waals surface area contributed by atoms with Crippen LogP contribution in [0.15, 0.2) is 11.3 Å². The molecule has 0 spiro atoms. The minimum Gasteiger partial charge on any atom is -0.480 e. The highest BCUT2D eigenvalue weighted by Crippen LogP contribution is 2.22. The fraction of sp³-hybridized carbons (Fsp3) is 0.286. The summed E-state index contributed by atoms with van der Waals surface area (Å²) in [4.78, 5) is 10.6. The first-order valence-electron chi connectivity index (χ1n) is 4.59. The average Bonchev–Trinajstić information content (AvgIpc) is 2.86. The molecule has 11 nitrogen and oxygen atoms in total. The van der Waals surface area contributed by atoms with Crippen molar-refractivity contribution in [2.45, 2.75) is 0 Å². The SMILES string of the molecule is COc1cnc(-n2nnnc2N=[N+]=[N-])c(OC)n1. The Hall–Kier alpha value is -2.94. The Morgan fingerprint density at radius 1 is 1.39 bits per heavy atom. The molecule has 0 saturated carbocycles. The van der Waals surface area contributed by atoms with E-state index in [0.29, 0.717) is 0 Å². The van der Waals surface area contributed by atoms with E-state index in [9.17, 15) is 0 Å². The molecule has 0 N–H and O–H groups in total. The predicted octanol–water partition coefficient (Wildman–Crippen LogP) is 0.411. The second kappa shape index (κ2) is 4.93. The third kappa shape index (κ3) is 1.97. The van der Waals surface area contributed by atoms with Crippen LogP contribution in [0.4, 0.5) is 5.95 Å². The summed E-state index contributed by atoms with van der Waals surface area (Å²) < 4.78 is 11.1. The molecule has 2 aromatic rings. The van der Waals surface area contributed by atoms with Crippen LogP contribution >= 0.6 is 0 Å². The van der Waals surface area contributed by atoms with E-state index in [4.69, 9.17) is 15.0 Å². The van der Waals surface area contributed by atoms with Crippen LogP contribution in [0.5, 0.6) is 11.8 Å². The van der Waals surface area contributed by atoms with Crippen LogP contribution in [0.25, 0.3) is 16.3 Å². The molecule has 2 rings (SSSR count). The summed E-state index contributed by atoms with van der Waals surface area (Å²) in [7, 11) is 2.86. The van der Waals surface area contributed by atoms with E-state index in [2.05, 4.69) is 35.5 Å². The van der Waals surface area contributed by atoms with Gasteiger partial charge < -0.3 is 9.47 Å². The van der Waals surface area contributed by atoms with Gasteiger partial charge in [-0.3, -0.25) is 0 Å². The fourth-order valence-electron chi connectivity index (χ4n) is 1.15. The lowest BCUT2D eigenvalue weighted by molar-refractivity contribution is 0.358. The van der Waals surface area contributed by atoms with Crippen molar-refractivity contribution in [3.05, 3.63) is 16.6 Å². The first kappa shape index (κ1) is 11.5. The Morgan fingerprint density at radius 2 is 2.22 bits per heavy atom. The molecule has 0 atom stereocenters. The number of methoxy groups -OCH3 is 2. The minimum absolute atomic E-state index is 0.0738. The maximum atomic E-state index is 8.38. The lowest BCUT2D eigenvalue weighted by atomic mass is 10.6. The molecule has 11 heteroatoms. The standard InChI is InChI=1S/C7H7N9O2/c1-17-4-3-9-5(6(10-4)18-2)16-7(11-13-8)12-14-15-16/h3H,1-2H3. The van der Waals surface area contributed by atoms with Gasteiger partial charge in [0.2, 0.25) is 17.6 Å². The first-order chi connectivity index (χ1) is 8.80. The number of hydrogen-bond donors (Lipinski definition) is 0. The molecule has 0 unspecified atom stereocenters. The normalized spacial score (nSPS) is 9.67. The maximum absolute atomic E-state index is 8.38. The van der Waals surface area contributed by atoms with E-state index in [1.165, 1.54) is 20.4 Å². The highest BCUT2D eigenvalue weighted by atomic mass is 16.5. The summed E-state index contributed by atoms with van der Waals surface area (Å²) in [5.41, 5.74) is 8.38. The smallest absolute Gasteiger partial charge is 0.263 e. The number of aromatic nitrogens is 6. The van der Waals surface area contributed by atoms with E-state index in [-0.39, 0.29) is 23.5 Å². The zero-order valence-corrected chi connectivity index (χ0v) is 9.42. The number of azide groups is 1. The quantitative estimate of drug-likeness (QED) is 0.434. The lowest BCUT2D eigenvalue weighted by Crippen LogP contribution is -2.05. The van der Waals surface area contributed by atoms with E-state index >= 15 is 0 Å². The number of rotatable bonds is 4. The molecule has 0 aliphatic carbocycles. The minimum atomic E-state index is -0.0738. The third-order valence-electron chi connectivity index (χ3n) is 1.89. The predicted molar refractivity (Wildman–Crippen MR) is 56.7 cm³/mol. The number of hydrogen-bond acceptors (Lipinski definition) is 8. The Kier molecular flexibility index (Phi) is 3.16.